The number of hydrogen-bond acceptors (Lipinski definition) is 3. The number of benzene rings is 2. The van der Waals surface area contributed by atoms with E-state index in [1.54, 1.807) is 6.21 Å². The molecule has 2 aliphatic rings. The molecule has 3 atom stereocenters. The summed E-state index contributed by atoms with van der Waals surface area (Å²) in [5, 5.41) is 4.24. The number of nitrogens with zero attached hydrogens (tertiary/aromatic N) is 1. The molecule has 1 N–H and O–H groups in total. The summed E-state index contributed by atoms with van der Waals surface area (Å²) in [6.07, 6.45) is 6.43. The largest absolute Gasteiger partial charge is 0.487 e. The van der Waals surface area contributed by atoms with Crippen LogP contribution in [0.3, 0.4) is 0 Å². The average Bonchev–Trinajstić information content (AvgIpc) is 3.33. The second-order valence-electron chi connectivity index (χ2n) is 8.15. The van der Waals surface area contributed by atoms with Crippen molar-refractivity contribution in [3.8, 4) is 5.75 Å². The van der Waals surface area contributed by atoms with Gasteiger partial charge in [-0.2, -0.15) is 5.10 Å². The van der Waals surface area contributed by atoms with Crippen molar-refractivity contribution in [2.24, 2.45) is 22.4 Å². The van der Waals surface area contributed by atoms with E-state index in [0.29, 0.717) is 18.3 Å². The molecule has 0 saturated heterocycles. The maximum Gasteiger partial charge on any atom is 0.244 e. The molecule has 2 aliphatic carbocycles. The van der Waals surface area contributed by atoms with E-state index in [1.807, 2.05) is 42.5 Å². The predicted octanol–water partition coefficient (Wildman–Crippen LogP) is 6.07. The van der Waals surface area contributed by atoms with Crippen molar-refractivity contribution in [2.75, 3.05) is 0 Å². The first-order valence-electron chi connectivity index (χ1n) is 9.98. The normalized spacial score (nSPS) is 25.5. The van der Waals surface area contributed by atoms with Crippen LogP contribution in [0.1, 0.15) is 43.7 Å². The highest BCUT2D eigenvalue weighted by Gasteiger charge is 2.64. The smallest absolute Gasteiger partial charge is 0.244 e. The number of fused-ring (bicyclic) bond motifs is 1. The Bertz CT molecular complexity index is 932. The Balaban J connectivity index is 1.44. The van der Waals surface area contributed by atoms with E-state index < -0.39 is 0 Å². The lowest BCUT2D eigenvalue weighted by Gasteiger charge is -2.15. The number of halogens is 2. The van der Waals surface area contributed by atoms with Crippen molar-refractivity contribution in [2.45, 2.75) is 39.2 Å². The summed E-state index contributed by atoms with van der Waals surface area (Å²) < 4.78 is 7.79. The molecule has 6 heteroatoms. The van der Waals surface area contributed by atoms with Crippen molar-refractivity contribution in [3.05, 3.63) is 62.5 Å². The van der Waals surface area contributed by atoms with Gasteiger partial charge in [-0.3, -0.25) is 4.79 Å². The van der Waals surface area contributed by atoms with Crippen LogP contribution in [-0.4, -0.2) is 12.1 Å². The van der Waals surface area contributed by atoms with E-state index in [1.165, 1.54) is 12.8 Å². The Morgan fingerprint density at radius 1 is 1.28 bits per heavy atom. The third kappa shape index (κ3) is 4.43. The maximum absolute atomic E-state index is 12.6. The van der Waals surface area contributed by atoms with Gasteiger partial charge in [0.1, 0.15) is 12.4 Å². The number of amides is 1. The number of rotatable bonds is 6. The average molecular weight is 520 g/mol. The molecule has 0 radical (unpaired) electrons. The lowest BCUT2D eigenvalue weighted by Crippen LogP contribution is -2.22. The highest BCUT2D eigenvalue weighted by Crippen LogP contribution is 2.66. The topological polar surface area (TPSA) is 50.7 Å². The zero-order valence-electron chi connectivity index (χ0n) is 16.3. The first-order valence-corrected chi connectivity index (χ1v) is 11.6. The van der Waals surface area contributed by atoms with Gasteiger partial charge in [0.15, 0.2) is 0 Å². The zero-order valence-corrected chi connectivity index (χ0v) is 19.5. The molecule has 29 heavy (non-hydrogen) atoms. The lowest BCUT2D eigenvalue weighted by atomic mass is 9.90. The van der Waals surface area contributed by atoms with Crippen LogP contribution < -0.4 is 10.2 Å². The van der Waals surface area contributed by atoms with Crippen LogP contribution in [0.2, 0.25) is 0 Å². The highest BCUT2D eigenvalue weighted by atomic mass is 79.9. The molecule has 2 fully saturated rings. The summed E-state index contributed by atoms with van der Waals surface area (Å²) in [5.41, 5.74) is 4.82. The Morgan fingerprint density at radius 2 is 2.07 bits per heavy atom. The molecule has 0 spiro atoms. The molecule has 0 bridgehead atoms. The van der Waals surface area contributed by atoms with Gasteiger partial charge in [-0.05, 0) is 57.8 Å². The van der Waals surface area contributed by atoms with Gasteiger partial charge in [-0.1, -0.05) is 66.0 Å². The van der Waals surface area contributed by atoms with E-state index in [0.717, 1.165) is 32.9 Å². The lowest BCUT2D eigenvalue weighted by molar-refractivity contribution is -0.123. The summed E-state index contributed by atoms with van der Waals surface area (Å²) in [6.45, 7) is 2.70. The number of hydrogen-bond donors (Lipinski definition) is 1. The fraction of sp³-hybridized carbons (Fsp3) is 0.391. The molecular weight excluding hydrogens is 496 g/mol. The van der Waals surface area contributed by atoms with Crippen LogP contribution in [0.25, 0.3) is 0 Å². The minimum Gasteiger partial charge on any atom is -0.487 e. The first kappa shape index (κ1) is 20.6. The van der Waals surface area contributed by atoms with Crippen LogP contribution in [0.5, 0.6) is 5.75 Å². The van der Waals surface area contributed by atoms with Gasteiger partial charge in [0.05, 0.1) is 10.7 Å². The molecule has 0 aliphatic heterocycles. The highest BCUT2D eigenvalue weighted by molar-refractivity contribution is 9.11. The Kier molecular flexibility index (Phi) is 6.11. The molecule has 0 aromatic heterocycles. The number of hydrazone groups is 1. The van der Waals surface area contributed by atoms with Crippen LogP contribution >= 0.6 is 31.9 Å². The molecule has 1 amide bonds. The Morgan fingerprint density at radius 3 is 2.79 bits per heavy atom. The van der Waals surface area contributed by atoms with Gasteiger partial charge >= 0.3 is 0 Å². The molecule has 4 nitrogen and oxygen atoms in total. The third-order valence-corrected chi connectivity index (χ3v) is 7.30. The van der Waals surface area contributed by atoms with Crippen LogP contribution in [0.4, 0.5) is 0 Å². The molecule has 2 aromatic rings. The quantitative estimate of drug-likeness (QED) is 0.372. The molecular formula is C23H24Br2N2O2. The summed E-state index contributed by atoms with van der Waals surface area (Å²) in [5.74, 6) is 1.36. The summed E-state index contributed by atoms with van der Waals surface area (Å²) in [6, 6.07) is 13.9. The second kappa shape index (κ2) is 8.60. The van der Waals surface area contributed by atoms with Gasteiger partial charge in [0, 0.05) is 16.0 Å². The van der Waals surface area contributed by atoms with E-state index >= 15 is 0 Å². The molecule has 4 rings (SSSR count). The van der Waals surface area contributed by atoms with Gasteiger partial charge in [0.25, 0.3) is 0 Å². The van der Waals surface area contributed by atoms with Crippen LogP contribution in [0, 0.1) is 17.3 Å². The third-order valence-electron chi connectivity index (χ3n) is 6.26. The van der Waals surface area contributed by atoms with Gasteiger partial charge in [0.2, 0.25) is 5.91 Å². The standard InChI is InChI=1S/C23H24Br2N2O2/c1-23-10-6-5-9-18(23)20(23)22(28)27-26-13-16-11-17(24)12-19(25)21(16)29-14-15-7-3-2-4-8-15/h2-4,7-8,11-13,18,20H,5-6,9-10,14H2,1H3,(H,27,28)/b26-13-/t18-,20-,23-/m1/s1. The number of nitrogens with one attached hydrogen (secondary N) is 1. The maximum atomic E-state index is 12.6. The van der Waals surface area contributed by atoms with Crippen molar-refractivity contribution >= 4 is 44.0 Å². The second-order valence-corrected chi connectivity index (χ2v) is 9.92. The van der Waals surface area contributed by atoms with Gasteiger partial charge in [-0.25, -0.2) is 5.43 Å². The number of carbonyl (C=O) groups is 1. The van der Waals surface area contributed by atoms with Gasteiger partial charge in [-0.15, -0.1) is 0 Å². The zero-order chi connectivity index (χ0) is 20.4. The molecule has 0 heterocycles. The molecule has 2 saturated carbocycles. The Labute approximate surface area is 188 Å². The summed E-state index contributed by atoms with van der Waals surface area (Å²) in [7, 11) is 0. The van der Waals surface area contributed by atoms with Crippen LogP contribution in [-0.2, 0) is 11.4 Å². The Hall–Kier alpha value is -1.66. The van der Waals surface area contributed by atoms with E-state index in [2.05, 4.69) is 49.3 Å². The van der Waals surface area contributed by atoms with Crippen molar-refractivity contribution < 1.29 is 9.53 Å². The number of ether oxygens (including phenoxy) is 1. The monoisotopic (exact) mass is 518 g/mol. The number of carbonyl (C=O) groups excluding carboxylic acids is 1. The van der Waals surface area contributed by atoms with E-state index in [-0.39, 0.29) is 17.2 Å². The SMILES string of the molecule is C[C@@]12CCCC[C@@H]1[C@@H]2C(=O)N/N=C\c1cc(Br)cc(Br)c1OCc1ccccc1. The van der Waals surface area contributed by atoms with Gasteiger partial charge < -0.3 is 4.74 Å². The summed E-state index contributed by atoms with van der Waals surface area (Å²) in [4.78, 5) is 12.6. The van der Waals surface area contributed by atoms with E-state index in [4.69, 9.17) is 4.74 Å². The van der Waals surface area contributed by atoms with Crippen molar-refractivity contribution in [1.29, 1.82) is 0 Å². The first-order chi connectivity index (χ1) is 14.0. The minimum atomic E-state index is 0.0384. The minimum absolute atomic E-state index is 0.0384. The van der Waals surface area contributed by atoms with Crippen molar-refractivity contribution in [1.82, 2.24) is 5.43 Å². The fourth-order valence-corrected chi connectivity index (χ4v) is 6.02. The summed E-state index contributed by atoms with van der Waals surface area (Å²) >= 11 is 7.08. The molecule has 2 aromatic carbocycles. The molecule has 0 unspecified atom stereocenters. The van der Waals surface area contributed by atoms with E-state index in [9.17, 15) is 4.79 Å². The molecule has 152 valence electrons. The fourth-order valence-electron chi connectivity index (χ4n) is 4.64. The predicted molar refractivity (Wildman–Crippen MR) is 122 cm³/mol. The van der Waals surface area contributed by atoms with Crippen molar-refractivity contribution in [3.63, 3.8) is 0 Å². The van der Waals surface area contributed by atoms with Crippen LogP contribution in [0.15, 0.2) is 56.5 Å².